The van der Waals surface area contributed by atoms with Crippen LogP contribution in [-0.4, -0.2) is 58.3 Å². The molecule has 1 heterocycles. The van der Waals surface area contributed by atoms with E-state index >= 15 is 0 Å². The highest BCUT2D eigenvalue weighted by Crippen LogP contribution is 2.30. The van der Waals surface area contributed by atoms with Crippen LogP contribution in [0.1, 0.15) is 6.42 Å². The summed E-state index contributed by atoms with van der Waals surface area (Å²) in [5.74, 6) is -0.111. The van der Waals surface area contributed by atoms with Gasteiger partial charge in [0.25, 0.3) is 0 Å². The lowest BCUT2D eigenvalue weighted by Gasteiger charge is -2.28. The predicted molar refractivity (Wildman–Crippen MR) is 90.7 cm³/mol. The van der Waals surface area contributed by atoms with Crippen molar-refractivity contribution in [2.75, 3.05) is 43.4 Å². The molecule has 9 heteroatoms. The van der Waals surface area contributed by atoms with E-state index < -0.39 is 10.0 Å². The summed E-state index contributed by atoms with van der Waals surface area (Å²) in [7, 11) is -3.59. The Morgan fingerprint density at radius 1 is 1.30 bits per heavy atom. The highest BCUT2D eigenvalue weighted by Gasteiger charge is 2.23. The Kier molecular flexibility index (Phi) is 6.13. The lowest BCUT2D eigenvalue weighted by Crippen LogP contribution is -2.42. The SMILES string of the molecule is CS(=O)(=O)N(CCC(=O)N1CCOCC1)c1cc(Cl)ccc1Cl. The average Bonchev–Trinajstić information content (AvgIpc) is 2.50. The van der Waals surface area contributed by atoms with Gasteiger partial charge in [0.1, 0.15) is 0 Å². The van der Waals surface area contributed by atoms with Gasteiger partial charge in [0.2, 0.25) is 15.9 Å². The first-order valence-corrected chi connectivity index (χ1v) is 9.68. The van der Waals surface area contributed by atoms with Crippen LogP contribution in [0.2, 0.25) is 10.0 Å². The van der Waals surface area contributed by atoms with Crippen LogP contribution in [0.5, 0.6) is 0 Å². The van der Waals surface area contributed by atoms with E-state index in [-0.39, 0.29) is 29.6 Å². The summed E-state index contributed by atoms with van der Waals surface area (Å²) in [5, 5.41) is 0.635. The van der Waals surface area contributed by atoms with Crippen molar-refractivity contribution in [2.24, 2.45) is 0 Å². The molecule has 0 aliphatic carbocycles. The molecule has 1 saturated heterocycles. The molecule has 1 fully saturated rings. The van der Waals surface area contributed by atoms with Gasteiger partial charge < -0.3 is 9.64 Å². The first-order valence-electron chi connectivity index (χ1n) is 7.07. The maximum absolute atomic E-state index is 12.2. The topological polar surface area (TPSA) is 66.9 Å². The standard InChI is InChI=1S/C14H18Cl2N2O4S/c1-23(20,21)18(13-10-11(15)2-3-12(13)16)5-4-14(19)17-6-8-22-9-7-17/h2-3,10H,4-9H2,1H3. The molecule has 2 rings (SSSR count). The normalized spacial score (nSPS) is 15.5. The molecule has 0 unspecified atom stereocenters. The number of carbonyl (C=O) groups excluding carboxylic acids is 1. The van der Waals surface area contributed by atoms with Crippen molar-refractivity contribution in [3.05, 3.63) is 28.2 Å². The van der Waals surface area contributed by atoms with Crippen LogP contribution in [0.15, 0.2) is 18.2 Å². The van der Waals surface area contributed by atoms with Gasteiger partial charge >= 0.3 is 0 Å². The van der Waals surface area contributed by atoms with E-state index in [9.17, 15) is 13.2 Å². The minimum Gasteiger partial charge on any atom is -0.378 e. The van der Waals surface area contributed by atoms with Crippen LogP contribution in [0, 0.1) is 0 Å². The summed E-state index contributed by atoms with van der Waals surface area (Å²) >= 11 is 12.0. The fraction of sp³-hybridized carbons (Fsp3) is 0.500. The van der Waals surface area contributed by atoms with Crippen molar-refractivity contribution >= 4 is 44.8 Å². The summed E-state index contributed by atoms with van der Waals surface area (Å²) in [6, 6.07) is 4.58. The van der Waals surface area contributed by atoms with Crippen molar-refractivity contribution in [3.8, 4) is 0 Å². The summed E-state index contributed by atoms with van der Waals surface area (Å²) in [5.41, 5.74) is 0.274. The minimum atomic E-state index is -3.59. The molecule has 0 N–H and O–H groups in total. The summed E-state index contributed by atoms with van der Waals surface area (Å²) in [6.45, 7) is 2.06. The lowest BCUT2D eigenvalue weighted by molar-refractivity contribution is -0.134. The van der Waals surface area contributed by atoms with Crippen LogP contribution in [-0.2, 0) is 19.6 Å². The van der Waals surface area contributed by atoms with Crippen LogP contribution < -0.4 is 4.31 Å². The summed E-state index contributed by atoms with van der Waals surface area (Å²) in [4.78, 5) is 13.9. The van der Waals surface area contributed by atoms with Gasteiger partial charge in [0, 0.05) is 31.1 Å². The zero-order valence-corrected chi connectivity index (χ0v) is 15.0. The monoisotopic (exact) mass is 380 g/mol. The molecule has 6 nitrogen and oxygen atoms in total. The Bertz CT molecular complexity index is 675. The second-order valence-electron chi connectivity index (χ2n) is 5.17. The predicted octanol–water partition coefficient (Wildman–Crippen LogP) is 2.01. The molecule has 0 bridgehead atoms. The van der Waals surface area contributed by atoms with Gasteiger partial charge in [-0.2, -0.15) is 0 Å². The van der Waals surface area contributed by atoms with E-state index in [0.29, 0.717) is 31.3 Å². The van der Waals surface area contributed by atoms with Gasteiger partial charge in [-0.05, 0) is 18.2 Å². The Morgan fingerprint density at radius 2 is 1.96 bits per heavy atom. The van der Waals surface area contributed by atoms with Crippen molar-refractivity contribution in [1.29, 1.82) is 0 Å². The summed E-state index contributed by atoms with van der Waals surface area (Å²) in [6.07, 6.45) is 1.14. The smallest absolute Gasteiger partial charge is 0.232 e. The maximum atomic E-state index is 12.2. The molecule has 1 amide bonds. The van der Waals surface area contributed by atoms with Crippen molar-refractivity contribution in [1.82, 2.24) is 4.90 Å². The van der Waals surface area contributed by atoms with Crippen LogP contribution in [0.4, 0.5) is 5.69 Å². The molecule has 0 atom stereocenters. The van der Waals surface area contributed by atoms with Gasteiger partial charge in [-0.3, -0.25) is 9.10 Å². The number of anilines is 1. The second-order valence-corrected chi connectivity index (χ2v) is 7.92. The number of sulfonamides is 1. The van der Waals surface area contributed by atoms with Gasteiger partial charge in [-0.15, -0.1) is 0 Å². The third-order valence-electron chi connectivity index (χ3n) is 3.47. The Balaban J connectivity index is 2.14. The Morgan fingerprint density at radius 3 is 2.57 bits per heavy atom. The first-order chi connectivity index (χ1) is 10.8. The molecular weight excluding hydrogens is 363 g/mol. The maximum Gasteiger partial charge on any atom is 0.232 e. The zero-order chi connectivity index (χ0) is 17.0. The van der Waals surface area contributed by atoms with Crippen LogP contribution in [0.25, 0.3) is 0 Å². The molecule has 1 aromatic rings. The molecule has 1 aromatic carbocycles. The van der Waals surface area contributed by atoms with E-state index in [1.54, 1.807) is 11.0 Å². The number of hydrogen-bond donors (Lipinski definition) is 0. The molecule has 0 spiro atoms. The number of rotatable bonds is 5. The zero-order valence-electron chi connectivity index (χ0n) is 12.7. The number of ether oxygens (including phenoxy) is 1. The Labute approximate surface area is 146 Å². The number of hydrogen-bond acceptors (Lipinski definition) is 4. The fourth-order valence-electron chi connectivity index (χ4n) is 2.31. The lowest BCUT2D eigenvalue weighted by atomic mass is 10.3. The molecule has 0 saturated carbocycles. The number of nitrogens with zero attached hydrogens (tertiary/aromatic N) is 2. The highest BCUT2D eigenvalue weighted by atomic mass is 35.5. The molecule has 128 valence electrons. The van der Waals surface area contributed by atoms with Gasteiger partial charge in [0.05, 0.1) is 30.2 Å². The number of morpholine rings is 1. The highest BCUT2D eigenvalue weighted by molar-refractivity contribution is 7.92. The molecule has 1 aliphatic rings. The fourth-order valence-corrected chi connectivity index (χ4v) is 3.68. The third kappa shape index (κ3) is 4.97. The van der Waals surface area contributed by atoms with Gasteiger partial charge in [0.15, 0.2) is 0 Å². The second kappa shape index (κ2) is 7.70. The number of carbonyl (C=O) groups is 1. The van der Waals surface area contributed by atoms with Crippen molar-refractivity contribution < 1.29 is 17.9 Å². The van der Waals surface area contributed by atoms with E-state index in [0.717, 1.165) is 10.6 Å². The third-order valence-corrected chi connectivity index (χ3v) is 5.20. The first kappa shape index (κ1) is 18.3. The minimum absolute atomic E-state index is 0.00901. The number of benzene rings is 1. The quantitative estimate of drug-likeness (QED) is 0.783. The summed E-state index contributed by atoms with van der Waals surface area (Å²) < 4.78 is 30.4. The molecule has 0 radical (unpaired) electrons. The van der Waals surface area contributed by atoms with Crippen LogP contribution >= 0.6 is 23.2 Å². The van der Waals surface area contributed by atoms with Gasteiger partial charge in [-0.1, -0.05) is 23.2 Å². The molecule has 23 heavy (non-hydrogen) atoms. The van der Waals surface area contributed by atoms with E-state index in [1.807, 2.05) is 0 Å². The molecular formula is C14H18Cl2N2O4S. The van der Waals surface area contributed by atoms with E-state index in [2.05, 4.69) is 0 Å². The Hall–Kier alpha value is -1.02. The molecule has 0 aromatic heterocycles. The van der Waals surface area contributed by atoms with Gasteiger partial charge in [-0.25, -0.2) is 8.42 Å². The number of amides is 1. The van der Waals surface area contributed by atoms with Crippen LogP contribution in [0.3, 0.4) is 0 Å². The average molecular weight is 381 g/mol. The number of halogens is 2. The van der Waals surface area contributed by atoms with E-state index in [4.69, 9.17) is 27.9 Å². The van der Waals surface area contributed by atoms with Crippen molar-refractivity contribution in [2.45, 2.75) is 6.42 Å². The van der Waals surface area contributed by atoms with E-state index in [1.165, 1.54) is 12.1 Å². The largest absolute Gasteiger partial charge is 0.378 e. The van der Waals surface area contributed by atoms with Crippen molar-refractivity contribution in [3.63, 3.8) is 0 Å². The molecule has 1 aliphatic heterocycles.